The number of aryl methyl sites for hydroxylation is 2. The zero-order chi connectivity index (χ0) is 18.0. The van der Waals surface area contributed by atoms with Crippen molar-refractivity contribution in [2.75, 3.05) is 18.1 Å². The van der Waals surface area contributed by atoms with Crippen molar-refractivity contribution in [1.29, 1.82) is 0 Å². The molecule has 0 atom stereocenters. The molecule has 1 aliphatic rings. The van der Waals surface area contributed by atoms with Gasteiger partial charge < -0.3 is 0 Å². The number of rotatable bonds is 5. The minimum Gasteiger partial charge on any atom is -0.298 e. The Bertz CT molecular complexity index is 795. The van der Waals surface area contributed by atoms with Crippen LogP contribution in [0.15, 0.2) is 29.1 Å². The molecule has 0 spiro atoms. The summed E-state index contributed by atoms with van der Waals surface area (Å²) < 4.78 is 1.84. The van der Waals surface area contributed by atoms with Crippen LogP contribution in [-0.2, 0) is 13.1 Å². The van der Waals surface area contributed by atoms with Crippen LogP contribution in [-0.4, -0.2) is 27.7 Å². The molecular weight excluding hydrogens is 312 g/mol. The molecule has 0 unspecified atom stereocenters. The van der Waals surface area contributed by atoms with Gasteiger partial charge in [0, 0.05) is 23.5 Å². The molecular formula is C20H28N4O. The molecule has 5 nitrogen and oxygen atoms in total. The normalized spacial score (nSPS) is 14.6. The molecule has 0 amide bonds. The van der Waals surface area contributed by atoms with Gasteiger partial charge in [0.15, 0.2) is 0 Å². The van der Waals surface area contributed by atoms with Crippen molar-refractivity contribution in [3.63, 3.8) is 0 Å². The monoisotopic (exact) mass is 340 g/mol. The van der Waals surface area contributed by atoms with Gasteiger partial charge in [-0.2, -0.15) is 0 Å². The highest BCUT2D eigenvalue weighted by molar-refractivity contribution is 5.58. The van der Waals surface area contributed by atoms with Gasteiger partial charge in [0.25, 0.3) is 5.56 Å². The zero-order valence-electron chi connectivity index (χ0n) is 15.7. The average molecular weight is 340 g/mol. The van der Waals surface area contributed by atoms with E-state index in [1.165, 1.54) is 5.56 Å². The van der Waals surface area contributed by atoms with E-state index in [1.807, 2.05) is 18.4 Å². The Morgan fingerprint density at radius 3 is 2.44 bits per heavy atom. The minimum atomic E-state index is 0.100. The van der Waals surface area contributed by atoms with E-state index in [0.29, 0.717) is 6.67 Å². The van der Waals surface area contributed by atoms with Gasteiger partial charge in [-0.25, -0.2) is 4.98 Å². The average Bonchev–Trinajstić information content (AvgIpc) is 2.61. The molecule has 2 heterocycles. The highest BCUT2D eigenvalue weighted by atomic mass is 16.1. The highest BCUT2D eigenvalue weighted by Crippen LogP contribution is 2.28. The largest absolute Gasteiger partial charge is 0.298 e. The molecule has 0 aliphatic carbocycles. The van der Waals surface area contributed by atoms with Crippen LogP contribution in [0.3, 0.4) is 0 Å². The summed E-state index contributed by atoms with van der Waals surface area (Å²) in [5, 5.41) is 0. The molecule has 0 N–H and O–H groups in total. The third-order valence-corrected chi connectivity index (χ3v) is 4.90. The SMILES string of the molecule is CCCCN1CN(c2ccc(C)cc2)c2nc(C)c(CC)c(=O)n2C1. The quantitative estimate of drug-likeness (QED) is 0.834. The lowest BCUT2D eigenvalue weighted by Crippen LogP contribution is -2.48. The second-order valence-electron chi connectivity index (χ2n) is 6.86. The summed E-state index contributed by atoms with van der Waals surface area (Å²) in [5.41, 5.74) is 4.08. The smallest absolute Gasteiger partial charge is 0.259 e. The number of hydrogen-bond acceptors (Lipinski definition) is 4. The first-order valence-corrected chi connectivity index (χ1v) is 9.22. The van der Waals surface area contributed by atoms with Crippen molar-refractivity contribution in [3.05, 3.63) is 51.4 Å². The van der Waals surface area contributed by atoms with Crippen LogP contribution in [0.5, 0.6) is 0 Å². The Hall–Kier alpha value is -2.14. The van der Waals surface area contributed by atoms with E-state index >= 15 is 0 Å². The highest BCUT2D eigenvalue weighted by Gasteiger charge is 2.27. The van der Waals surface area contributed by atoms with E-state index < -0.39 is 0 Å². The number of anilines is 2. The van der Waals surface area contributed by atoms with Gasteiger partial charge in [0.1, 0.15) is 0 Å². The van der Waals surface area contributed by atoms with E-state index in [1.54, 1.807) is 0 Å². The molecule has 0 radical (unpaired) electrons. The number of aromatic nitrogens is 2. The topological polar surface area (TPSA) is 41.4 Å². The Morgan fingerprint density at radius 2 is 1.80 bits per heavy atom. The summed E-state index contributed by atoms with van der Waals surface area (Å²) >= 11 is 0. The maximum atomic E-state index is 13.0. The molecule has 0 fully saturated rings. The van der Waals surface area contributed by atoms with Gasteiger partial charge in [-0.05, 0) is 38.8 Å². The first kappa shape index (κ1) is 17.7. The molecule has 0 saturated heterocycles. The number of unbranched alkanes of at least 4 members (excludes halogenated alkanes) is 1. The lowest BCUT2D eigenvalue weighted by Gasteiger charge is -2.38. The number of nitrogens with zero attached hydrogens (tertiary/aromatic N) is 4. The van der Waals surface area contributed by atoms with Crippen molar-refractivity contribution in [1.82, 2.24) is 14.5 Å². The van der Waals surface area contributed by atoms with Crippen molar-refractivity contribution in [2.24, 2.45) is 0 Å². The van der Waals surface area contributed by atoms with Gasteiger partial charge >= 0.3 is 0 Å². The molecule has 0 bridgehead atoms. The summed E-state index contributed by atoms with van der Waals surface area (Å²) in [6.07, 6.45) is 3.00. The number of hydrogen-bond donors (Lipinski definition) is 0. The second kappa shape index (κ2) is 7.40. The van der Waals surface area contributed by atoms with Crippen molar-refractivity contribution >= 4 is 11.6 Å². The summed E-state index contributed by atoms with van der Waals surface area (Å²) in [5.74, 6) is 0.760. The molecule has 2 aromatic rings. The summed E-state index contributed by atoms with van der Waals surface area (Å²) in [4.78, 5) is 22.3. The lowest BCUT2D eigenvalue weighted by molar-refractivity contribution is 0.195. The second-order valence-corrected chi connectivity index (χ2v) is 6.86. The molecule has 0 saturated carbocycles. The van der Waals surface area contributed by atoms with E-state index in [9.17, 15) is 4.79 Å². The third kappa shape index (κ3) is 3.47. The molecule has 1 aliphatic heterocycles. The standard InChI is InChI=1S/C20H28N4O/c1-5-7-12-22-13-23(17-10-8-15(3)9-11-17)20-21-16(4)18(6-2)19(25)24(20)14-22/h8-11H,5-7,12-14H2,1-4H3. The van der Waals surface area contributed by atoms with Crippen LogP contribution < -0.4 is 10.5 Å². The first-order valence-electron chi connectivity index (χ1n) is 9.22. The summed E-state index contributed by atoms with van der Waals surface area (Å²) in [7, 11) is 0. The van der Waals surface area contributed by atoms with Gasteiger partial charge in [0.2, 0.25) is 5.95 Å². The van der Waals surface area contributed by atoms with Crippen molar-refractivity contribution < 1.29 is 0 Å². The van der Waals surface area contributed by atoms with Crippen molar-refractivity contribution in [2.45, 2.75) is 53.6 Å². The summed E-state index contributed by atoms with van der Waals surface area (Å²) in [6, 6.07) is 8.43. The van der Waals surface area contributed by atoms with Crippen LogP contribution >= 0.6 is 0 Å². The fourth-order valence-electron chi connectivity index (χ4n) is 3.38. The van der Waals surface area contributed by atoms with Crippen LogP contribution in [0.1, 0.15) is 43.5 Å². The maximum absolute atomic E-state index is 13.0. The Morgan fingerprint density at radius 1 is 1.08 bits per heavy atom. The zero-order valence-corrected chi connectivity index (χ0v) is 15.7. The predicted molar refractivity (Wildman–Crippen MR) is 102 cm³/mol. The van der Waals surface area contributed by atoms with Crippen molar-refractivity contribution in [3.8, 4) is 0 Å². The van der Waals surface area contributed by atoms with Crippen LogP contribution in [0.2, 0.25) is 0 Å². The molecule has 134 valence electrons. The predicted octanol–water partition coefficient (Wildman–Crippen LogP) is 3.59. The van der Waals surface area contributed by atoms with Gasteiger partial charge in [0.05, 0.1) is 13.3 Å². The Kier molecular flexibility index (Phi) is 5.23. The van der Waals surface area contributed by atoms with Gasteiger partial charge in [-0.3, -0.25) is 19.2 Å². The van der Waals surface area contributed by atoms with Crippen LogP contribution in [0.4, 0.5) is 11.6 Å². The summed E-state index contributed by atoms with van der Waals surface area (Å²) in [6.45, 7) is 10.6. The van der Waals surface area contributed by atoms with E-state index in [4.69, 9.17) is 4.98 Å². The molecule has 25 heavy (non-hydrogen) atoms. The maximum Gasteiger partial charge on any atom is 0.259 e. The fraction of sp³-hybridized carbons (Fsp3) is 0.500. The van der Waals surface area contributed by atoms with Crippen LogP contribution in [0.25, 0.3) is 0 Å². The molecule has 3 rings (SSSR count). The van der Waals surface area contributed by atoms with E-state index in [0.717, 1.165) is 55.4 Å². The Balaban J connectivity index is 2.09. The lowest BCUT2D eigenvalue weighted by atomic mass is 10.2. The third-order valence-electron chi connectivity index (χ3n) is 4.90. The molecule has 5 heteroatoms. The van der Waals surface area contributed by atoms with E-state index in [-0.39, 0.29) is 5.56 Å². The van der Waals surface area contributed by atoms with Crippen LogP contribution in [0, 0.1) is 13.8 Å². The van der Waals surface area contributed by atoms with Gasteiger partial charge in [-0.15, -0.1) is 0 Å². The number of fused-ring (bicyclic) bond motifs is 1. The minimum absolute atomic E-state index is 0.100. The fourth-order valence-corrected chi connectivity index (χ4v) is 3.38. The molecule has 1 aromatic carbocycles. The van der Waals surface area contributed by atoms with E-state index in [2.05, 4.69) is 47.9 Å². The Labute approximate surface area is 149 Å². The molecule has 1 aromatic heterocycles. The van der Waals surface area contributed by atoms with Gasteiger partial charge in [-0.1, -0.05) is 38.0 Å². The number of benzene rings is 1. The first-order chi connectivity index (χ1) is 12.0.